The molecule has 0 heterocycles. The van der Waals surface area contributed by atoms with Crippen LogP contribution in [0.2, 0.25) is 5.02 Å². The molecule has 1 unspecified atom stereocenters. The maximum absolute atomic E-state index is 13.7. The number of hydrogen-bond donors (Lipinski definition) is 1. The first kappa shape index (κ1) is 14.4. The monoisotopic (exact) mass is 346 g/mol. The summed E-state index contributed by atoms with van der Waals surface area (Å²) in [4.78, 5) is 0. The largest absolute Gasteiger partial charge is 0.388 e. The van der Waals surface area contributed by atoms with E-state index in [2.05, 4.69) is 15.9 Å². The molecule has 0 spiro atoms. The van der Waals surface area contributed by atoms with Crippen LogP contribution in [0.1, 0.15) is 17.2 Å². The van der Waals surface area contributed by atoms with Crippen LogP contribution >= 0.6 is 27.5 Å². The summed E-state index contributed by atoms with van der Waals surface area (Å²) in [6, 6.07) is 9.05. The van der Waals surface area contributed by atoms with E-state index in [1.54, 1.807) is 24.3 Å². The second kappa shape index (κ2) is 5.99. The molecule has 1 N–H and O–H groups in total. The fraction of sp³-hybridized carbons (Fsp3) is 0.143. The van der Waals surface area contributed by atoms with Crippen LogP contribution in [0.5, 0.6) is 0 Å². The van der Waals surface area contributed by atoms with Gasteiger partial charge in [-0.2, -0.15) is 0 Å². The molecule has 0 aliphatic carbocycles. The van der Waals surface area contributed by atoms with Crippen molar-refractivity contribution in [2.24, 2.45) is 0 Å². The molecule has 0 saturated heterocycles. The van der Waals surface area contributed by atoms with E-state index >= 15 is 0 Å². The molecule has 0 saturated carbocycles. The highest BCUT2D eigenvalue weighted by Crippen LogP contribution is 2.27. The van der Waals surface area contributed by atoms with E-state index < -0.39 is 17.7 Å². The number of aliphatic hydroxyl groups is 1. The molecule has 19 heavy (non-hydrogen) atoms. The van der Waals surface area contributed by atoms with Crippen molar-refractivity contribution in [1.29, 1.82) is 0 Å². The van der Waals surface area contributed by atoms with Gasteiger partial charge in [-0.1, -0.05) is 39.7 Å². The lowest BCUT2D eigenvalue weighted by Gasteiger charge is -2.13. The van der Waals surface area contributed by atoms with Crippen molar-refractivity contribution < 1.29 is 13.9 Å². The smallest absolute Gasteiger partial charge is 0.133 e. The van der Waals surface area contributed by atoms with Crippen LogP contribution in [-0.2, 0) is 6.42 Å². The average Bonchev–Trinajstić information content (AvgIpc) is 2.27. The summed E-state index contributed by atoms with van der Waals surface area (Å²) < 4.78 is 27.7. The fourth-order valence-corrected chi connectivity index (χ4v) is 2.48. The molecule has 1 nitrogen and oxygen atoms in total. The van der Waals surface area contributed by atoms with Gasteiger partial charge in [0.25, 0.3) is 0 Å². The Kier molecular flexibility index (Phi) is 4.55. The second-order valence-electron chi connectivity index (χ2n) is 4.13. The lowest BCUT2D eigenvalue weighted by molar-refractivity contribution is 0.168. The van der Waals surface area contributed by atoms with Crippen LogP contribution in [0, 0.1) is 11.6 Å². The third-order valence-corrected chi connectivity index (χ3v) is 3.39. The molecular weight excluding hydrogens is 338 g/mol. The van der Waals surface area contributed by atoms with Crippen LogP contribution < -0.4 is 0 Å². The van der Waals surface area contributed by atoms with Crippen LogP contribution in [0.15, 0.2) is 40.9 Å². The molecular formula is C14H10BrClF2O. The Bertz CT molecular complexity index is 581. The molecule has 5 heteroatoms. The first-order valence-electron chi connectivity index (χ1n) is 5.54. The Balaban J connectivity index is 2.28. The van der Waals surface area contributed by atoms with Gasteiger partial charge in [0, 0.05) is 15.9 Å². The quantitative estimate of drug-likeness (QED) is 0.856. The Labute approximate surface area is 123 Å². The first-order chi connectivity index (χ1) is 8.97. The molecule has 0 aromatic heterocycles. The van der Waals surface area contributed by atoms with Gasteiger partial charge in [0.15, 0.2) is 0 Å². The zero-order valence-corrected chi connectivity index (χ0v) is 12.0. The first-order valence-corrected chi connectivity index (χ1v) is 6.71. The van der Waals surface area contributed by atoms with Crippen molar-refractivity contribution in [2.45, 2.75) is 12.5 Å². The molecule has 100 valence electrons. The van der Waals surface area contributed by atoms with Gasteiger partial charge in [0.1, 0.15) is 11.6 Å². The zero-order valence-electron chi connectivity index (χ0n) is 9.71. The highest BCUT2D eigenvalue weighted by Gasteiger charge is 2.19. The van der Waals surface area contributed by atoms with Gasteiger partial charge in [0.05, 0.1) is 11.7 Å². The van der Waals surface area contributed by atoms with Crippen molar-refractivity contribution in [3.63, 3.8) is 0 Å². The van der Waals surface area contributed by atoms with Crippen molar-refractivity contribution in [1.82, 2.24) is 0 Å². The topological polar surface area (TPSA) is 20.2 Å². The minimum Gasteiger partial charge on any atom is -0.388 e. The third-order valence-electron chi connectivity index (χ3n) is 2.70. The van der Waals surface area contributed by atoms with Gasteiger partial charge >= 0.3 is 0 Å². The van der Waals surface area contributed by atoms with E-state index in [1.807, 2.05) is 0 Å². The number of halogens is 4. The Hall–Kier alpha value is -0.970. The number of rotatable bonds is 3. The van der Waals surface area contributed by atoms with E-state index in [9.17, 15) is 13.9 Å². The molecule has 0 bridgehead atoms. The SMILES string of the molecule is OC(Cc1cccc(Cl)c1)c1c(F)cc(Br)cc1F. The van der Waals surface area contributed by atoms with Crippen LogP contribution in [-0.4, -0.2) is 5.11 Å². The standard InChI is InChI=1S/C14H10BrClF2O/c15-9-6-11(17)14(12(18)7-9)13(19)5-8-2-1-3-10(16)4-8/h1-4,6-7,13,19H,5H2. The predicted molar refractivity (Wildman–Crippen MR) is 74.2 cm³/mol. The van der Waals surface area contributed by atoms with Crippen molar-refractivity contribution in [3.8, 4) is 0 Å². The lowest BCUT2D eigenvalue weighted by atomic mass is 10.0. The number of hydrogen-bond acceptors (Lipinski definition) is 1. The highest BCUT2D eigenvalue weighted by atomic mass is 79.9. The molecule has 0 radical (unpaired) electrons. The predicted octanol–water partition coefficient (Wildman–Crippen LogP) is 4.66. The number of aliphatic hydroxyl groups excluding tert-OH is 1. The van der Waals surface area contributed by atoms with Gasteiger partial charge < -0.3 is 5.11 Å². The molecule has 0 aliphatic heterocycles. The molecule has 1 atom stereocenters. The summed E-state index contributed by atoms with van der Waals surface area (Å²) in [5.41, 5.74) is 0.380. The maximum Gasteiger partial charge on any atom is 0.133 e. The van der Waals surface area contributed by atoms with Gasteiger partial charge in [0.2, 0.25) is 0 Å². The van der Waals surface area contributed by atoms with E-state index in [-0.39, 0.29) is 12.0 Å². The Morgan fingerprint density at radius 3 is 2.37 bits per heavy atom. The van der Waals surface area contributed by atoms with E-state index in [0.29, 0.717) is 15.1 Å². The lowest BCUT2D eigenvalue weighted by Crippen LogP contribution is -2.07. The summed E-state index contributed by atoms with van der Waals surface area (Å²) in [5, 5.41) is 10.5. The molecule has 2 aromatic carbocycles. The minimum absolute atomic E-state index is 0.0933. The van der Waals surface area contributed by atoms with Crippen molar-refractivity contribution in [3.05, 3.63) is 68.7 Å². The molecule has 2 rings (SSSR count). The van der Waals surface area contributed by atoms with Gasteiger partial charge in [-0.05, 0) is 29.8 Å². The van der Waals surface area contributed by atoms with E-state index in [4.69, 9.17) is 11.6 Å². The summed E-state index contributed by atoms with van der Waals surface area (Å²) in [6.45, 7) is 0. The van der Waals surface area contributed by atoms with Gasteiger partial charge in [-0.3, -0.25) is 0 Å². The maximum atomic E-state index is 13.7. The highest BCUT2D eigenvalue weighted by molar-refractivity contribution is 9.10. The minimum atomic E-state index is -1.26. The van der Waals surface area contributed by atoms with Crippen LogP contribution in [0.25, 0.3) is 0 Å². The van der Waals surface area contributed by atoms with Crippen LogP contribution in [0.3, 0.4) is 0 Å². The third kappa shape index (κ3) is 3.53. The summed E-state index contributed by atoms with van der Waals surface area (Å²) in [6.07, 6.45) is -1.16. The summed E-state index contributed by atoms with van der Waals surface area (Å²) in [7, 11) is 0. The zero-order chi connectivity index (χ0) is 14.0. The van der Waals surface area contributed by atoms with E-state index in [1.165, 1.54) is 0 Å². The van der Waals surface area contributed by atoms with Gasteiger partial charge in [-0.25, -0.2) is 8.78 Å². The fourth-order valence-electron chi connectivity index (χ4n) is 1.86. The molecule has 0 fully saturated rings. The van der Waals surface area contributed by atoms with Crippen molar-refractivity contribution in [2.75, 3.05) is 0 Å². The van der Waals surface area contributed by atoms with Crippen molar-refractivity contribution >= 4 is 27.5 Å². The van der Waals surface area contributed by atoms with E-state index in [0.717, 1.165) is 12.1 Å². The molecule has 0 amide bonds. The molecule has 2 aromatic rings. The number of benzene rings is 2. The van der Waals surface area contributed by atoms with Gasteiger partial charge in [-0.15, -0.1) is 0 Å². The average molecular weight is 348 g/mol. The Morgan fingerprint density at radius 2 is 1.79 bits per heavy atom. The molecule has 0 aliphatic rings. The van der Waals surface area contributed by atoms with Crippen LogP contribution in [0.4, 0.5) is 8.78 Å². The second-order valence-corrected chi connectivity index (χ2v) is 5.49. The normalized spacial score (nSPS) is 12.5. The Morgan fingerprint density at radius 1 is 1.16 bits per heavy atom. The summed E-state index contributed by atoms with van der Waals surface area (Å²) in [5.74, 6) is -1.55. The summed E-state index contributed by atoms with van der Waals surface area (Å²) >= 11 is 8.82.